The number of fused-ring (bicyclic) bond motifs is 3. The van der Waals surface area contributed by atoms with Gasteiger partial charge in [0.2, 0.25) is 30.6 Å². The molecule has 0 aromatic rings. The maximum Gasteiger partial charge on any atom is 0.338 e. The lowest BCUT2D eigenvalue weighted by molar-refractivity contribution is -0.286. The van der Waals surface area contributed by atoms with Crippen molar-refractivity contribution in [1.82, 2.24) is 0 Å². The summed E-state index contributed by atoms with van der Waals surface area (Å²) in [4.78, 5) is 101. The number of hydrogen-bond donors (Lipinski definition) is 5. The summed E-state index contributed by atoms with van der Waals surface area (Å²) in [6.45, 7) is 15.5. The van der Waals surface area contributed by atoms with Gasteiger partial charge in [0.1, 0.15) is 31.0 Å². The number of cyclic esters (lactones) is 1. The van der Waals surface area contributed by atoms with Crippen molar-refractivity contribution in [2.75, 3.05) is 6.61 Å². The number of aliphatic hydroxyl groups excluding tert-OH is 3. The average Bonchev–Trinajstić information content (AvgIpc) is 4.04. The molecule has 18 atom stereocenters. The molecule has 29 heteroatoms. The minimum Gasteiger partial charge on any atom is -0.455 e. The van der Waals surface area contributed by atoms with Crippen LogP contribution in [0.2, 0.25) is 0 Å². The smallest absolute Gasteiger partial charge is 0.338 e. The van der Waals surface area contributed by atoms with Gasteiger partial charge in [-0.15, -0.1) is 25.2 Å². The molecule has 0 aromatic carbocycles. The zero-order chi connectivity index (χ0) is 60.2. The zero-order valence-electron chi connectivity index (χ0n) is 45.1. The fourth-order valence-electron chi connectivity index (χ4n) is 8.62. The van der Waals surface area contributed by atoms with Gasteiger partial charge in [-0.1, -0.05) is 11.8 Å². The Morgan fingerprint density at radius 1 is 0.595 bits per heavy atom. The second kappa shape index (κ2) is 28.1. The van der Waals surface area contributed by atoms with Gasteiger partial charge in [-0.25, -0.2) is 4.79 Å². The minimum atomic E-state index is -2.74. The van der Waals surface area contributed by atoms with Crippen LogP contribution in [0.4, 0.5) is 0 Å². The van der Waals surface area contributed by atoms with E-state index in [9.17, 15) is 43.2 Å². The third-order valence-corrected chi connectivity index (χ3v) is 11.3. The summed E-state index contributed by atoms with van der Waals surface area (Å²) in [5.41, 5.74) is 0. The van der Waals surface area contributed by atoms with Gasteiger partial charge in [-0.2, -0.15) is 0 Å². The molecule has 5 heterocycles. The SMILES string of the molecule is C#CC1CC2OC(C)(C)OC2C2OC(C)(C)OC12.C#CC1OC(OC(C)=O)C(OC(C)=O)C(OC(C)=O)C1OC(C)=O.C#C[C@H](OC(C)=O)[C@H]1OC(OC(C)=O)[C@H](OC(C)=O)C1OC(C)=O.O=C1O[C@H](C(O)(O)CO)C(O)[C@H]1O. The first kappa shape index (κ1) is 66.7. The van der Waals surface area contributed by atoms with E-state index in [1.165, 1.54) is 0 Å². The number of ether oxygens (including phenoxy) is 15. The summed E-state index contributed by atoms with van der Waals surface area (Å²) in [5.74, 6) is -3.62. The fraction of sp³-hybridized carbons (Fsp3) is 0.700. The van der Waals surface area contributed by atoms with E-state index < -0.39 is 157 Å². The molecule has 5 saturated heterocycles. The van der Waals surface area contributed by atoms with E-state index in [2.05, 4.69) is 22.5 Å². The number of terminal acetylenes is 3. The normalized spacial score (nSPS) is 33.6. The Labute approximate surface area is 453 Å². The van der Waals surface area contributed by atoms with Crippen LogP contribution in [-0.4, -0.2) is 207 Å². The molecule has 1 aliphatic carbocycles. The van der Waals surface area contributed by atoms with Crippen molar-refractivity contribution in [1.29, 1.82) is 0 Å². The van der Waals surface area contributed by atoms with Crippen molar-refractivity contribution in [2.24, 2.45) is 5.92 Å². The summed E-state index contributed by atoms with van der Waals surface area (Å²) < 4.78 is 78.9. The standard InChI is InChI=1S/2C15H18O9.C14H20O4.C6H10O7/c1-6-11-12(20-7(2)16)13(21-8(3)17)14(22-9(4)18)15(24-11)23-10(5)19;1-6-11(20-7(2)16)12-13(21-8(3)17)14(22-9(4)18)15(24-12)23-10(5)19;1-6-8-7-9-11(17-13(2,3)15-9)12-10(8)16-14(4,5)18-12;7-1-6(11,12)4-2(8)3(9)5(10)13-4/h2*1,11-15H,2-5H3;1,8-12H,7H2,2-5H3;2-4,7-9,11-12H,1H2/t;11-,12+,13?,14+,15?;;2?,3-,4+/m.0.1/s1. The molecule has 6 rings (SSSR count). The lowest BCUT2D eigenvalue weighted by Crippen LogP contribution is -2.61. The Morgan fingerprint density at radius 3 is 1.46 bits per heavy atom. The molecule has 79 heavy (non-hydrogen) atoms. The van der Waals surface area contributed by atoms with Crippen LogP contribution in [-0.2, 0) is 114 Å². The summed E-state index contributed by atoms with van der Waals surface area (Å²) in [6.07, 6.45) is -1.37. The minimum absolute atomic E-state index is 0.000185. The first-order valence-electron chi connectivity index (χ1n) is 23.9. The zero-order valence-corrected chi connectivity index (χ0v) is 45.1. The topological polar surface area (TPSA) is 393 Å². The molecule has 5 N–H and O–H groups in total. The molecular weight excluding hydrogens is 1060 g/mol. The lowest BCUT2D eigenvalue weighted by Gasteiger charge is -2.42. The summed E-state index contributed by atoms with van der Waals surface area (Å²) in [7, 11) is 0. The fourth-order valence-corrected chi connectivity index (χ4v) is 8.62. The molecule has 440 valence electrons. The molecule has 0 bridgehead atoms. The van der Waals surface area contributed by atoms with Crippen molar-refractivity contribution >= 4 is 53.7 Å². The van der Waals surface area contributed by atoms with Crippen LogP contribution < -0.4 is 0 Å². The molecule has 1 saturated carbocycles. The first-order valence-corrected chi connectivity index (χ1v) is 23.9. The highest BCUT2D eigenvalue weighted by Crippen LogP contribution is 2.46. The van der Waals surface area contributed by atoms with Gasteiger partial charge in [-0.05, 0) is 34.1 Å². The summed E-state index contributed by atoms with van der Waals surface area (Å²) in [6, 6.07) is 0. The van der Waals surface area contributed by atoms with Gasteiger partial charge in [0.25, 0.3) is 0 Å². The van der Waals surface area contributed by atoms with E-state index in [4.69, 9.17) is 111 Å². The van der Waals surface area contributed by atoms with Gasteiger partial charge >= 0.3 is 53.7 Å². The van der Waals surface area contributed by atoms with E-state index in [1.807, 2.05) is 27.7 Å². The van der Waals surface area contributed by atoms with E-state index in [0.29, 0.717) is 0 Å². The van der Waals surface area contributed by atoms with Crippen LogP contribution in [0.5, 0.6) is 0 Å². The first-order chi connectivity index (χ1) is 36.5. The van der Waals surface area contributed by atoms with Gasteiger partial charge in [-0.3, -0.25) is 38.4 Å². The second-order valence-corrected chi connectivity index (χ2v) is 18.9. The molecule has 5 aliphatic heterocycles. The molecule has 0 spiro atoms. The lowest BCUT2D eigenvalue weighted by atomic mass is 9.81. The summed E-state index contributed by atoms with van der Waals surface area (Å²) >= 11 is 0. The van der Waals surface area contributed by atoms with E-state index in [1.54, 1.807) is 0 Å². The van der Waals surface area contributed by atoms with Crippen LogP contribution in [0.1, 0.15) is 89.5 Å². The Bertz CT molecular complexity index is 2360. The van der Waals surface area contributed by atoms with Crippen molar-refractivity contribution in [3.8, 4) is 37.0 Å². The molecule has 0 aromatic heterocycles. The van der Waals surface area contributed by atoms with Crippen LogP contribution in [0.15, 0.2) is 0 Å². The van der Waals surface area contributed by atoms with E-state index in [0.717, 1.165) is 61.8 Å². The highest BCUT2D eigenvalue weighted by Gasteiger charge is 2.60. The number of carbonyl (C=O) groups is 9. The van der Waals surface area contributed by atoms with Crippen molar-refractivity contribution < 1.29 is 140 Å². The van der Waals surface area contributed by atoms with E-state index >= 15 is 0 Å². The maximum atomic E-state index is 11.4. The van der Waals surface area contributed by atoms with Crippen LogP contribution in [0.25, 0.3) is 0 Å². The van der Waals surface area contributed by atoms with E-state index in [-0.39, 0.29) is 30.3 Å². The molecule has 6 fully saturated rings. The molecular formula is C50H66O29. The number of hydrogen-bond acceptors (Lipinski definition) is 29. The molecule has 29 nitrogen and oxygen atoms in total. The van der Waals surface area contributed by atoms with Gasteiger partial charge < -0.3 is 96.6 Å². The van der Waals surface area contributed by atoms with Crippen LogP contribution >= 0.6 is 0 Å². The predicted molar refractivity (Wildman–Crippen MR) is 253 cm³/mol. The Balaban J connectivity index is 0.000000283. The molecule has 13 unspecified atom stereocenters. The van der Waals surface area contributed by atoms with Crippen LogP contribution in [0, 0.1) is 42.9 Å². The Morgan fingerprint density at radius 2 is 1.03 bits per heavy atom. The second-order valence-electron chi connectivity index (χ2n) is 18.9. The monoisotopic (exact) mass is 1130 g/mol. The number of esters is 9. The average molecular weight is 1130 g/mol. The van der Waals surface area contributed by atoms with Crippen molar-refractivity contribution in [3.05, 3.63) is 0 Å². The number of aliphatic hydroxyl groups is 5. The van der Waals surface area contributed by atoms with Crippen molar-refractivity contribution in [3.63, 3.8) is 0 Å². The van der Waals surface area contributed by atoms with Gasteiger partial charge in [0.15, 0.2) is 60.4 Å². The largest absolute Gasteiger partial charge is 0.455 e. The molecule has 0 radical (unpaired) electrons. The predicted octanol–water partition coefficient (Wildman–Crippen LogP) is -2.61. The molecule has 0 amide bonds. The number of carbonyl (C=O) groups excluding carboxylic acids is 9. The van der Waals surface area contributed by atoms with Crippen LogP contribution in [0.3, 0.4) is 0 Å². The number of rotatable bonds is 11. The maximum absolute atomic E-state index is 11.4. The van der Waals surface area contributed by atoms with Crippen molar-refractivity contribution in [2.45, 2.75) is 211 Å². The Hall–Kier alpha value is -6.53. The van der Waals surface area contributed by atoms with Gasteiger partial charge in [0.05, 0.1) is 12.0 Å². The quantitative estimate of drug-likeness (QED) is 0.0612. The third-order valence-electron chi connectivity index (χ3n) is 11.3. The summed E-state index contributed by atoms with van der Waals surface area (Å²) in [5, 5.41) is 44.4. The highest BCUT2D eigenvalue weighted by atomic mass is 16.8. The highest BCUT2D eigenvalue weighted by molar-refractivity contribution is 5.78. The molecule has 6 aliphatic rings. The third kappa shape index (κ3) is 18.5. The van der Waals surface area contributed by atoms with Gasteiger partial charge in [0, 0.05) is 55.4 Å². The Kier molecular flexibility index (Phi) is 23.7.